The van der Waals surface area contributed by atoms with E-state index in [4.69, 9.17) is 5.73 Å². The molecule has 17 heavy (non-hydrogen) atoms. The van der Waals surface area contributed by atoms with Gasteiger partial charge in [0.15, 0.2) is 0 Å². The van der Waals surface area contributed by atoms with Crippen LogP contribution in [0.4, 0.5) is 0 Å². The van der Waals surface area contributed by atoms with Crippen LogP contribution in [0.1, 0.15) is 28.9 Å². The summed E-state index contributed by atoms with van der Waals surface area (Å²) in [6, 6.07) is 3.68. The maximum atomic E-state index is 12.0. The Labute approximate surface area is 101 Å². The van der Waals surface area contributed by atoms with Crippen LogP contribution in [-0.4, -0.2) is 30.0 Å². The van der Waals surface area contributed by atoms with E-state index in [1.165, 1.54) is 0 Å². The number of hydrogen-bond donors (Lipinski definition) is 3. The first-order chi connectivity index (χ1) is 8.29. The lowest BCUT2D eigenvalue weighted by molar-refractivity contribution is 0.0930. The van der Waals surface area contributed by atoms with Crippen molar-refractivity contribution in [1.82, 2.24) is 15.6 Å². The lowest BCUT2D eigenvalue weighted by Gasteiger charge is -2.23. The quantitative estimate of drug-likeness (QED) is 0.689. The van der Waals surface area contributed by atoms with Gasteiger partial charge in [-0.1, -0.05) is 0 Å². The zero-order valence-corrected chi connectivity index (χ0v) is 9.78. The molecule has 92 valence electrons. The average molecular weight is 234 g/mol. The molecule has 1 amide bonds. The summed E-state index contributed by atoms with van der Waals surface area (Å²) in [7, 11) is 0. The zero-order chi connectivity index (χ0) is 12.1. The molecule has 0 aromatic carbocycles. The summed E-state index contributed by atoms with van der Waals surface area (Å²) in [5, 5.41) is 6.28. The van der Waals surface area contributed by atoms with E-state index in [1.54, 1.807) is 18.3 Å². The molecule has 0 aliphatic carbocycles. The van der Waals surface area contributed by atoms with Crippen molar-refractivity contribution in [2.45, 2.75) is 25.4 Å². The number of amides is 1. The molecule has 5 heteroatoms. The third kappa shape index (κ3) is 3.25. The molecule has 1 aliphatic heterocycles. The molecule has 0 saturated carbocycles. The lowest BCUT2D eigenvalue weighted by Crippen LogP contribution is -2.45. The number of aromatic nitrogens is 1. The Hall–Kier alpha value is -1.46. The number of carbonyl (C=O) groups excluding carboxylic acids is 1. The molecule has 1 fully saturated rings. The van der Waals surface area contributed by atoms with Crippen molar-refractivity contribution in [3.05, 3.63) is 29.6 Å². The highest BCUT2D eigenvalue weighted by Crippen LogP contribution is 2.05. The number of nitrogens with two attached hydrogens (primary N) is 1. The van der Waals surface area contributed by atoms with Gasteiger partial charge in [0.25, 0.3) is 5.91 Å². The first-order valence-electron chi connectivity index (χ1n) is 5.96. The molecule has 1 aromatic heterocycles. The van der Waals surface area contributed by atoms with E-state index in [0.29, 0.717) is 12.1 Å². The van der Waals surface area contributed by atoms with Crippen molar-refractivity contribution in [3.63, 3.8) is 0 Å². The van der Waals surface area contributed by atoms with Crippen molar-refractivity contribution >= 4 is 5.91 Å². The maximum absolute atomic E-state index is 12.0. The van der Waals surface area contributed by atoms with Crippen LogP contribution in [0.25, 0.3) is 0 Å². The highest BCUT2D eigenvalue weighted by Gasteiger charge is 2.16. The molecule has 1 aromatic rings. The summed E-state index contributed by atoms with van der Waals surface area (Å²) >= 11 is 0. The lowest BCUT2D eigenvalue weighted by atomic mass is 10.1. The number of piperidine rings is 1. The molecular weight excluding hydrogens is 216 g/mol. The Balaban J connectivity index is 1.98. The van der Waals surface area contributed by atoms with Gasteiger partial charge in [-0.2, -0.15) is 0 Å². The van der Waals surface area contributed by atoms with Gasteiger partial charge >= 0.3 is 0 Å². The van der Waals surface area contributed by atoms with Crippen molar-refractivity contribution in [3.8, 4) is 0 Å². The zero-order valence-electron chi connectivity index (χ0n) is 9.78. The molecule has 0 radical (unpaired) electrons. The van der Waals surface area contributed by atoms with Gasteiger partial charge in [0.05, 0.1) is 5.69 Å². The molecule has 1 aliphatic rings. The first-order valence-corrected chi connectivity index (χ1v) is 5.96. The van der Waals surface area contributed by atoms with E-state index in [1.807, 2.05) is 0 Å². The van der Waals surface area contributed by atoms with Crippen LogP contribution in [0.5, 0.6) is 0 Å². The largest absolute Gasteiger partial charge is 0.348 e. The Morgan fingerprint density at radius 3 is 3.24 bits per heavy atom. The summed E-state index contributed by atoms with van der Waals surface area (Å²) in [5.41, 5.74) is 6.87. The highest BCUT2D eigenvalue weighted by atomic mass is 16.1. The van der Waals surface area contributed by atoms with Crippen molar-refractivity contribution in [2.75, 3.05) is 13.1 Å². The molecule has 0 spiro atoms. The van der Waals surface area contributed by atoms with E-state index in [2.05, 4.69) is 15.6 Å². The van der Waals surface area contributed by atoms with Gasteiger partial charge in [-0.15, -0.1) is 0 Å². The molecule has 1 atom stereocenters. The second-order valence-electron chi connectivity index (χ2n) is 4.26. The fourth-order valence-electron chi connectivity index (χ4n) is 1.97. The standard InChI is InChI=1S/C12H18N4O/c13-7-11-6-9(3-5-15-11)12(17)16-10-2-1-4-14-8-10/h3,5-6,10,14H,1-2,4,7-8,13H2,(H,16,17). The van der Waals surface area contributed by atoms with Gasteiger partial charge < -0.3 is 16.4 Å². The monoisotopic (exact) mass is 234 g/mol. The Morgan fingerprint density at radius 1 is 1.65 bits per heavy atom. The van der Waals surface area contributed by atoms with E-state index in [9.17, 15) is 4.79 Å². The van der Waals surface area contributed by atoms with Crippen molar-refractivity contribution in [1.29, 1.82) is 0 Å². The van der Waals surface area contributed by atoms with Crippen LogP contribution < -0.4 is 16.4 Å². The molecule has 1 unspecified atom stereocenters. The summed E-state index contributed by atoms with van der Waals surface area (Å²) in [5.74, 6) is -0.0456. The molecular formula is C12H18N4O. The molecule has 2 heterocycles. The predicted molar refractivity (Wildman–Crippen MR) is 65.5 cm³/mol. The minimum Gasteiger partial charge on any atom is -0.348 e. The van der Waals surface area contributed by atoms with Gasteiger partial charge in [-0.3, -0.25) is 9.78 Å². The van der Waals surface area contributed by atoms with Crippen LogP contribution >= 0.6 is 0 Å². The minimum absolute atomic E-state index is 0.0456. The summed E-state index contributed by atoms with van der Waals surface area (Å²) in [4.78, 5) is 16.0. The fraction of sp³-hybridized carbons (Fsp3) is 0.500. The maximum Gasteiger partial charge on any atom is 0.251 e. The number of rotatable bonds is 3. The number of pyridine rings is 1. The summed E-state index contributed by atoms with van der Waals surface area (Å²) < 4.78 is 0. The van der Waals surface area contributed by atoms with Gasteiger partial charge in [-0.05, 0) is 31.5 Å². The third-order valence-electron chi connectivity index (χ3n) is 2.92. The van der Waals surface area contributed by atoms with Crippen LogP contribution in [-0.2, 0) is 6.54 Å². The number of nitrogens with zero attached hydrogens (tertiary/aromatic N) is 1. The van der Waals surface area contributed by atoms with Crippen LogP contribution in [0.2, 0.25) is 0 Å². The van der Waals surface area contributed by atoms with E-state index < -0.39 is 0 Å². The van der Waals surface area contributed by atoms with Crippen molar-refractivity contribution < 1.29 is 4.79 Å². The second-order valence-corrected chi connectivity index (χ2v) is 4.26. The average Bonchev–Trinajstić information content (AvgIpc) is 2.40. The van der Waals surface area contributed by atoms with Gasteiger partial charge in [0.2, 0.25) is 0 Å². The van der Waals surface area contributed by atoms with Crippen molar-refractivity contribution in [2.24, 2.45) is 5.73 Å². The summed E-state index contributed by atoms with van der Waals surface area (Å²) in [6.07, 6.45) is 3.76. The smallest absolute Gasteiger partial charge is 0.251 e. The first kappa shape index (κ1) is 12.0. The topological polar surface area (TPSA) is 80.0 Å². The SMILES string of the molecule is NCc1cc(C(=O)NC2CCCNC2)ccn1. The minimum atomic E-state index is -0.0456. The second kappa shape index (κ2) is 5.75. The predicted octanol–water partition coefficient (Wildman–Crippen LogP) is 0.0221. The van der Waals surface area contributed by atoms with E-state index >= 15 is 0 Å². The van der Waals surface area contributed by atoms with Crippen LogP contribution in [0.15, 0.2) is 18.3 Å². The number of carbonyl (C=O) groups is 1. The molecule has 5 nitrogen and oxygen atoms in total. The Morgan fingerprint density at radius 2 is 2.53 bits per heavy atom. The third-order valence-corrected chi connectivity index (χ3v) is 2.92. The van der Waals surface area contributed by atoms with Gasteiger partial charge in [-0.25, -0.2) is 0 Å². The van der Waals surface area contributed by atoms with Crippen LogP contribution in [0.3, 0.4) is 0 Å². The molecule has 0 bridgehead atoms. The molecule has 2 rings (SSSR count). The van der Waals surface area contributed by atoms with Gasteiger partial charge in [0, 0.05) is 30.9 Å². The number of nitrogens with one attached hydrogen (secondary N) is 2. The van der Waals surface area contributed by atoms with E-state index in [0.717, 1.165) is 31.6 Å². The normalized spacial score (nSPS) is 19.9. The molecule has 1 saturated heterocycles. The fourth-order valence-corrected chi connectivity index (χ4v) is 1.97. The van der Waals surface area contributed by atoms with Gasteiger partial charge in [0.1, 0.15) is 0 Å². The van der Waals surface area contributed by atoms with E-state index in [-0.39, 0.29) is 11.9 Å². The summed E-state index contributed by atoms with van der Waals surface area (Å²) in [6.45, 7) is 2.24. The highest BCUT2D eigenvalue weighted by molar-refractivity contribution is 5.94. The number of hydrogen-bond acceptors (Lipinski definition) is 4. The molecule has 4 N–H and O–H groups in total. The Bertz CT molecular complexity index is 388. The Kier molecular flexibility index (Phi) is 4.06. The van der Waals surface area contributed by atoms with Crippen LogP contribution in [0, 0.1) is 0 Å².